The van der Waals surface area contributed by atoms with E-state index in [2.05, 4.69) is 49.1 Å². The Kier molecular flexibility index (Phi) is 5.00. The van der Waals surface area contributed by atoms with Crippen molar-refractivity contribution in [3.05, 3.63) is 42.4 Å². The molecule has 1 aliphatic rings. The Balaban J connectivity index is 1.40. The summed E-state index contributed by atoms with van der Waals surface area (Å²) in [6.45, 7) is 7.53. The maximum absolute atomic E-state index is 11.2. The molecule has 27 heavy (non-hydrogen) atoms. The molecule has 1 aromatic carbocycles. The molecule has 8 heteroatoms. The number of hydrogen-bond donors (Lipinski definition) is 1. The van der Waals surface area contributed by atoms with Crippen molar-refractivity contribution >= 4 is 38.4 Å². The van der Waals surface area contributed by atoms with Gasteiger partial charge in [-0.2, -0.15) is 0 Å². The van der Waals surface area contributed by atoms with Crippen LogP contribution in [-0.4, -0.2) is 51.9 Å². The zero-order valence-corrected chi connectivity index (χ0v) is 16.2. The predicted molar refractivity (Wildman–Crippen MR) is 108 cm³/mol. The molecule has 0 aliphatic carbocycles. The van der Waals surface area contributed by atoms with Gasteiger partial charge in [0.25, 0.3) is 0 Å². The van der Waals surface area contributed by atoms with Crippen LogP contribution in [0.1, 0.15) is 25.5 Å². The molecule has 1 aliphatic heterocycles. The lowest BCUT2D eigenvalue weighted by molar-refractivity contribution is -0.114. The van der Waals surface area contributed by atoms with Crippen LogP contribution in [0.25, 0.3) is 11.0 Å². The summed E-state index contributed by atoms with van der Waals surface area (Å²) < 4.78 is 0. The van der Waals surface area contributed by atoms with Gasteiger partial charge in [0.05, 0.1) is 17.2 Å². The van der Waals surface area contributed by atoms with Gasteiger partial charge in [-0.3, -0.25) is 19.7 Å². The Hall–Kier alpha value is -2.58. The molecule has 1 N–H and O–H groups in total. The highest BCUT2D eigenvalue weighted by molar-refractivity contribution is 7.19. The Bertz CT molecular complexity index is 950. The summed E-state index contributed by atoms with van der Waals surface area (Å²) >= 11 is 1.52. The summed E-state index contributed by atoms with van der Waals surface area (Å²) in [5.41, 5.74) is 3.13. The largest absolute Gasteiger partial charge is 0.345 e. The Morgan fingerprint density at radius 1 is 1.11 bits per heavy atom. The second kappa shape index (κ2) is 7.58. The average molecular weight is 382 g/mol. The quantitative estimate of drug-likeness (QED) is 0.748. The number of carbonyl (C=O) groups is 1. The van der Waals surface area contributed by atoms with E-state index < -0.39 is 0 Å². The maximum Gasteiger partial charge on any atom is 0.221 e. The lowest BCUT2D eigenvalue weighted by Crippen LogP contribution is -2.47. The van der Waals surface area contributed by atoms with Gasteiger partial charge in [0.2, 0.25) is 5.91 Å². The standard InChI is InChI=1S/C19H22N6OS/c1-13(15-3-4-16-17(11-15)21-6-5-20-16)24-7-9-25(10-8-24)19-22-12-18(27-19)23-14(2)26/h3-6,11-13H,7-10H2,1-2H3,(H,23,26). The minimum Gasteiger partial charge on any atom is -0.345 e. The summed E-state index contributed by atoms with van der Waals surface area (Å²) in [5.74, 6) is -0.0658. The van der Waals surface area contributed by atoms with Gasteiger partial charge in [-0.25, -0.2) is 4.98 Å². The van der Waals surface area contributed by atoms with Crippen LogP contribution in [0.2, 0.25) is 0 Å². The lowest BCUT2D eigenvalue weighted by Gasteiger charge is -2.38. The Labute approximate surface area is 162 Å². The zero-order chi connectivity index (χ0) is 18.8. The van der Waals surface area contributed by atoms with Gasteiger partial charge in [-0.05, 0) is 24.6 Å². The minimum absolute atomic E-state index is 0.0658. The lowest BCUT2D eigenvalue weighted by atomic mass is 10.1. The molecule has 7 nitrogen and oxygen atoms in total. The number of amides is 1. The van der Waals surface area contributed by atoms with Gasteiger partial charge in [-0.15, -0.1) is 0 Å². The van der Waals surface area contributed by atoms with Crippen LogP contribution < -0.4 is 10.2 Å². The number of nitrogens with zero attached hydrogens (tertiary/aromatic N) is 5. The Morgan fingerprint density at radius 3 is 2.59 bits per heavy atom. The molecule has 1 amide bonds. The van der Waals surface area contributed by atoms with E-state index in [1.807, 2.05) is 6.07 Å². The molecule has 0 spiro atoms. The molecule has 0 bridgehead atoms. The molecule has 0 saturated carbocycles. The first-order valence-corrected chi connectivity index (χ1v) is 9.85. The van der Waals surface area contributed by atoms with Crippen LogP contribution in [0.15, 0.2) is 36.8 Å². The fraction of sp³-hybridized carbons (Fsp3) is 0.368. The number of anilines is 2. The van der Waals surface area contributed by atoms with Crippen molar-refractivity contribution in [3.8, 4) is 0 Å². The van der Waals surface area contributed by atoms with Gasteiger partial charge < -0.3 is 10.2 Å². The molecule has 1 unspecified atom stereocenters. The third-order valence-electron chi connectivity index (χ3n) is 4.90. The number of hydrogen-bond acceptors (Lipinski definition) is 7. The van der Waals surface area contributed by atoms with E-state index in [-0.39, 0.29) is 5.91 Å². The first-order chi connectivity index (χ1) is 13.1. The second-order valence-corrected chi connectivity index (χ2v) is 7.70. The third kappa shape index (κ3) is 3.91. The summed E-state index contributed by atoms with van der Waals surface area (Å²) in [5, 5.41) is 4.56. The summed E-state index contributed by atoms with van der Waals surface area (Å²) in [6.07, 6.45) is 5.19. The Morgan fingerprint density at radius 2 is 1.85 bits per heavy atom. The molecule has 2 aromatic heterocycles. The van der Waals surface area contributed by atoms with Crippen molar-refractivity contribution in [1.82, 2.24) is 19.9 Å². The van der Waals surface area contributed by atoms with Crippen molar-refractivity contribution in [3.63, 3.8) is 0 Å². The van der Waals surface area contributed by atoms with Crippen LogP contribution in [0.5, 0.6) is 0 Å². The molecule has 0 radical (unpaired) electrons. The first kappa shape index (κ1) is 17.8. The molecule has 140 valence electrons. The summed E-state index contributed by atoms with van der Waals surface area (Å²) in [6, 6.07) is 6.66. The van der Waals surface area contributed by atoms with Crippen LogP contribution in [-0.2, 0) is 4.79 Å². The van der Waals surface area contributed by atoms with Crippen molar-refractivity contribution in [2.45, 2.75) is 19.9 Å². The summed E-state index contributed by atoms with van der Waals surface area (Å²) in [7, 11) is 0. The van der Waals surface area contributed by atoms with Crippen molar-refractivity contribution in [2.75, 3.05) is 36.4 Å². The third-order valence-corrected chi connectivity index (χ3v) is 5.87. The van der Waals surface area contributed by atoms with Crippen LogP contribution in [0.3, 0.4) is 0 Å². The molecule has 1 fully saturated rings. The molecule has 1 atom stereocenters. The molecule has 4 rings (SSSR count). The highest BCUT2D eigenvalue weighted by Gasteiger charge is 2.24. The SMILES string of the molecule is CC(=O)Nc1cnc(N2CCN(C(C)c3ccc4nccnc4c3)CC2)s1. The van der Waals surface area contributed by atoms with E-state index in [1.165, 1.54) is 23.8 Å². The normalized spacial score (nSPS) is 16.4. The van der Waals surface area contributed by atoms with Crippen LogP contribution in [0, 0.1) is 0 Å². The van der Waals surface area contributed by atoms with Crippen molar-refractivity contribution < 1.29 is 4.79 Å². The van der Waals surface area contributed by atoms with Crippen LogP contribution >= 0.6 is 11.3 Å². The first-order valence-electron chi connectivity index (χ1n) is 9.03. The van der Waals surface area contributed by atoms with Crippen molar-refractivity contribution in [2.24, 2.45) is 0 Å². The van der Waals surface area contributed by atoms with Gasteiger partial charge in [0.1, 0.15) is 5.00 Å². The van der Waals surface area contributed by atoms with E-state index in [4.69, 9.17) is 0 Å². The van der Waals surface area contributed by atoms with E-state index in [0.29, 0.717) is 6.04 Å². The number of nitrogens with one attached hydrogen (secondary N) is 1. The number of rotatable bonds is 4. The topological polar surface area (TPSA) is 74.2 Å². The molecule has 3 aromatic rings. The number of piperazine rings is 1. The minimum atomic E-state index is -0.0658. The van der Waals surface area contributed by atoms with Crippen molar-refractivity contribution in [1.29, 1.82) is 0 Å². The smallest absolute Gasteiger partial charge is 0.221 e. The zero-order valence-electron chi connectivity index (χ0n) is 15.4. The molecular formula is C19H22N6OS. The highest BCUT2D eigenvalue weighted by atomic mass is 32.1. The maximum atomic E-state index is 11.2. The summed E-state index contributed by atoms with van der Waals surface area (Å²) in [4.78, 5) is 29.1. The van der Waals surface area contributed by atoms with Gasteiger partial charge >= 0.3 is 0 Å². The number of fused-ring (bicyclic) bond motifs is 1. The number of thiazole rings is 1. The monoisotopic (exact) mass is 382 g/mol. The average Bonchev–Trinajstić information content (AvgIpc) is 3.15. The highest BCUT2D eigenvalue weighted by Crippen LogP contribution is 2.29. The fourth-order valence-electron chi connectivity index (χ4n) is 3.39. The number of benzene rings is 1. The predicted octanol–water partition coefficient (Wildman–Crippen LogP) is 2.93. The van der Waals surface area contributed by atoms with Gasteiger partial charge in [0, 0.05) is 51.5 Å². The van der Waals surface area contributed by atoms with E-state index in [1.54, 1.807) is 18.6 Å². The molecular weight excluding hydrogens is 360 g/mol. The number of aromatic nitrogens is 3. The van der Waals surface area contributed by atoms with E-state index in [0.717, 1.165) is 47.3 Å². The van der Waals surface area contributed by atoms with E-state index >= 15 is 0 Å². The van der Waals surface area contributed by atoms with Crippen LogP contribution in [0.4, 0.5) is 10.1 Å². The van der Waals surface area contributed by atoms with Gasteiger partial charge in [-0.1, -0.05) is 17.4 Å². The number of carbonyl (C=O) groups excluding carboxylic acids is 1. The second-order valence-electron chi connectivity index (χ2n) is 6.69. The van der Waals surface area contributed by atoms with Gasteiger partial charge in [0.15, 0.2) is 5.13 Å². The fourth-order valence-corrected chi connectivity index (χ4v) is 4.31. The molecule has 3 heterocycles. The molecule has 1 saturated heterocycles. The van der Waals surface area contributed by atoms with E-state index in [9.17, 15) is 4.79 Å².